The zero-order valence-electron chi connectivity index (χ0n) is 18.1. The van der Waals surface area contributed by atoms with Crippen LogP contribution in [-0.2, 0) is 18.9 Å². The van der Waals surface area contributed by atoms with Crippen molar-refractivity contribution < 1.29 is 54.7 Å². The van der Waals surface area contributed by atoms with Gasteiger partial charge in [0.2, 0.25) is 0 Å². The molecule has 0 aromatic rings. The van der Waals surface area contributed by atoms with E-state index in [9.17, 15) is 35.7 Å². The molecule has 0 amide bonds. The summed E-state index contributed by atoms with van der Waals surface area (Å²) in [7, 11) is 0. The fraction of sp³-hybridized carbons (Fsp3) is 1.00. The molecule has 2 fully saturated rings. The molecule has 13 atom stereocenters. The van der Waals surface area contributed by atoms with Crippen LogP contribution in [0.1, 0.15) is 6.42 Å². The Morgan fingerprint density at radius 2 is 1.52 bits per heavy atom. The third-order valence-electron chi connectivity index (χ3n) is 5.89. The molecule has 1 saturated carbocycles. The lowest BCUT2D eigenvalue weighted by molar-refractivity contribution is -0.324. The zero-order valence-corrected chi connectivity index (χ0v) is 18.1. The van der Waals surface area contributed by atoms with Crippen LogP contribution in [0.3, 0.4) is 0 Å². The molecule has 15 heteroatoms. The maximum absolute atomic E-state index is 10.9. The summed E-state index contributed by atoms with van der Waals surface area (Å²) in [5, 5.41) is 69.9. The molecule has 15 N–H and O–H groups in total. The van der Waals surface area contributed by atoms with Gasteiger partial charge < -0.3 is 77.6 Å². The second kappa shape index (κ2) is 12.9. The average Bonchev–Trinajstić information content (AvgIpc) is 2.80. The summed E-state index contributed by atoms with van der Waals surface area (Å²) in [4.78, 5) is 0. The lowest BCUT2D eigenvalue weighted by Crippen LogP contribution is -2.66. The number of hydrogen-bond donors (Lipinski definition) is 11. The number of nitrogens with two attached hydrogens (primary N) is 4. The summed E-state index contributed by atoms with van der Waals surface area (Å²) < 4.78 is 22.0. The van der Waals surface area contributed by atoms with Crippen molar-refractivity contribution in [2.75, 3.05) is 26.3 Å². The van der Waals surface area contributed by atoms with Gasteiger partial charge in [0.15, 0.2) is 12.6 Å². The SMILES string of the molecule is NC[C@H](O)C(CO)O[C@@H](CO)O[C@@H]1C(O)C(O[C@H]2O[C@H](CN)[C@@H](O)C(O)C2O)[C@@H](N)C[C@H]1N. The van der Waals surface area contributed by atoms with Crippen molar-refractivity contribution in [2.24, 2.45) is 22.9 Å². The Kier molecular flexibility index (Phi) is 11.2. The highest BCUT2D eigenvalue weighted by molar-refractivity contribution is 5.00. The van der Waals surface area contributed by atoms with Crippen LogP contribution < -0.4 is 22.9 Å². The van der Waals surface area contributed by atoms with Crippen molar-refractivity contribution in [1.29, 1.82) is 0 Å². The first-order valence-corrected chi connectivity index (χ1v) is 10.7. The molecular weight excluding hydrogens is 448 g/mol. The lowest BCUT2D eigenvalue weighted by atomic mass is 9.84. The normalized spacial score (nSPS) is 42.6. The van der Waals surface area contributed by atoms with Crippen LogP contribution >= 0.6 is 0 Å². The highest BCUT2D eigenvalue weighted by Gasteiger charge is 2.49. The average molecular weight is 487 g/mol. The number of aliphatic hydroxyl groups is 7. The summed E-state index contributed by atoms with van der Waals surface area (Å²) in [5.74, 6) is 0. The largest absolute Gasteiger partial charge is 0.394 e. The van der Waals surface area contributed by atoms with E-state index in [4.69, 9.17) is 41.9 Å². The molecule has 33 heavy (non-hydrogen) atoms. The molecule has 0 radical (unpaired) electrons. The van der Waals surface area contributed by atoms with Gasteiger partial charge in [0.25, 0.3) is 0 Å². The summed E-state index contributed by atoms with van der Waals surface area (Å²) in [6, 6.07) is -1.65. The van der Waals surface area contributed by atoms with Gasteiger partial charge in [-0.15, -0.1) is 0 Å². The van der Waals surface area contributed by atoms with E-state index in [0.29, 0.717) is 0 Å². The molecule has 2 aliphatic rings. The second-order valence-electron chi connectivity index (χ2n) is 8.28. The number of aliphatic hydroxyl groups excluding tert-OH is 7. The number of ether oxygens (including phenoxy) is 4. The van der Waals surface area contributed by atoms with Crippen LogP contribution in [0.2, 0.25) is 0 Å². The lowest BCUT2D eigenvalue weighted by Gasteiger charge is -2.46. The summed E-state index contributed by atoms with van der Waals surface area (Å²) >= 11 is 0. The molecule has 1 aliphatic heterocycles. The fourth-order valence-corrected chi connectivity index (χ4v) is 3.91. The van der Waals surface area contributed by atoms with Gasteiger partial charge in [0.05, 0.1) is 19.3 Å². The van der Waals surface area contributed by atoms with Crippen molar-refractivity contribution in [3.8, 4) is 0 Å². The van der Waals surface area contributed by atoms with Crippen molar-refractivity contribution in [3.05, 3.63) is 0 Å². The fourth-order valence-electron chi connectivity index (χ4n) is 3.91. The van der Waals surface area contributed by atoms with Crippen molar-refractivity contribution in [3.63, 3.8) is 0 Å². The molecule has 5 unspecified atom stereocenters. The van der Waals surface area contributed by atoms with Crippen LogP contribution in [0, 0.1) is 0 Å². The number of rotatable bonds is 11. The minimum absolute atomic E-state index is 0.0910. The molecule has 1 aliphatic carbocycles. The van der Waals surface area contributed by atoms with Gasteiger partial charge in [-0.25, -0.2) is 0 Å². The first-order valence-electron chi connectivity index (χ1n) is 10.7. The van der Waals surface area contributed by atoms with Crippen LogP contribution in [0.5, 0.6) is 0 Å². The monoisotopic (exact) mass is 486 g/mol. The van der Waals surface area contributed by atoms with E-state index in [1.54, 1.807) is 0 Å². The van der Waals surface area contributed by atoms with Gasteiger partial charge in [-0.05, 0) is 6.42 Å². The van der Waals surface area contributed by atoms with E-state index in [1.165, 1.54) is 0 Å². The molecular formula is C18H38N4O11. The van der Waals surface area contributed by atoms with Gasteiger partial charge in [-0.1, -0.05) is 0 Å². The van der Waals surface area contributed by atoms with E-state index >= 15 is 0 Å². The van der Waals surface area contributed by atoms with E-state index < -0.39 is 92.8 Å². The van der Waals surface area contributed by atoms with Gasteiger partial charge in [-0.2, -0.15) is 0 Å². The molecule has 0 aromatic heterocycles. The molecule has 15 nitrogen and oxygen atoms in total. The molecule has 0 aromatic carbocycles. The van der Waals surface area contributed by atoms with Crippen molar-refractivity contribution in [1.82, 2.24) is 0 Å². The van der Waals surface area contributed by atoms with Crippen LogP contribution in [0.15, 0.2) is 0 Å². The summed E-state index contributed by atoms with van der Waals surface area (Å²) in [5.41, 5.74) is 23.0. The Morgan fingerprint density at radius 1 is 0.879 bits per heavy atom. The Hall–Kier alpha value is -0.600. The second-order valence-corrected chi connectivity index (χ2v) is 8.28. The quantitative estimate of drug-likeness (QED) is 0.121. The minimum atomic E-state index is -1.66. The first-order chi connectivity index (χ1) is 15.6. The molecule has 196 valence electrons. The molecule has 0 spiro atoms. The smallest absolute Gasteiger partial charge is 0.187 e. The molecule has 2 rings (SSSR count). The van der Waals surface area contributed by atoms with Crippen molar-refractivity contribution >= 4 is 0 Å². The van der Waals surface area contributed by atoms with Crippen LogP contribution in [-0.4, -0.2) is 142 Å². The van der Waals surface area contributed by atoms with Gasteiger partial charge >= 0.3 is 0 Å². The maximum Gasteiger partial charge on any atom is 0.187 e. The predicted molar refractivity (Wildman–Crippen MR) is 110 cm³/mol. The first kappa shape index (κ1) is 28.6. The molecule has 1 saturated heterocycles. The highest BCUT2D eigenvalue weighted by Crippen LogP contribution is 2.29. The van der Waals surface area contributed by atoms with Gasteiger partial charge in [0.1, 0.15) is 48.8 Å². The van der Waals surface area contributed by atoms with Crippen LogP contribution in [0.4, 0.5) is 0 Å². The number of hydrogen-bond acceptors (Lipinski definition) is 15. The minimum Gasteiger partial charge on any atom is -0.394 e. The van der Waals surface area contributed by atoms with Gasteiger partial charge in [-0.3, -0.25) is 0 Å². The third-order valence-corrected chi connectivity index (χ3v) is 5.89. The van der Waals surface area contributed by atoms with E-state index in [0.717, 1.165) is 0 Å². The van der Waals surface area contributed by atoms with Crippen molar-refractivity contribution in [2.45, 2.75) is 86.0 Å². The Balaban J connectivity index is 2.11. The standard InChI is InChI=1S/C18H38N4O11/c19-2-8(25)10(4-23)30-11(5-24)32-16-6(21)1-7(22)17(15(16)29)33-18-14(28)13(27)12(26)9(3-20)31-18/h6-18,23-29H,1-5,19-22H2/t6-,7+,8+,9-,10?,11-,12-,13?,14?,15?,16+,17?,18-/m1/s1. The topological polar surface area (TPSA) is 283 Å². The third kappa shape index (κ3) is 6.75. The Labute approximate surface area is 190 Å². The molecule has 0 bridgehead atoms. The van der Waals surface area contributed by atoms with E-state index in [1.807, 2.05) is 0 Å². The highest BCUT2D eigenvalue weighted by atomic mass is 16.7. The Bertz CT molecular complexity index is 580. The molecule has 1 heterocycles. The summed E-state index contributed by atoms with van der Waals surface area (Å²) in [6.45, 7) is -1.69. The van der Waals surface area contributed by atoms with Gasteiger partial charge in [0, 0.05) is 25.2 Å². The van der Waals surface area contributed by atoms with E-state index in [2.05, 4.69) is 0 Å². The van der Waals surface area contributed by atoms with Crippen LogP contribution in [0.25, 0.3) is 0 Å². The predicted octanol–water partition coefficient (Wildman–Crippen LogP) is -7.04. The van der Waals surface area contributed by atoms with E-state index in [-0.39, 0.29) is 19.5 Å². The zero-order chi connectivity index (χ0) is 24.9. The maximum atomic E-state index is 10.9. The Morgan fingerprint density at radius 3 is 2.06 bits per heavy atom. The summed E-state index contributed by atoms with van der Waals surface area (Å²) in [6.07, 6.45) is -14.8.